The molecule has 0 fully saturated rings. The molecule has 1 N–H and O–H groups in total. The molecule has 0 atom stereocenters. The molecule has 1 aromatic heterocycles. The highest BCUT2D eigenvalue weighted by Gasteiger charge is 2.11. The summed E-state index contributed by atoms with van der Waals surface area (Å²) in [4.78, 5) is 17.0. The van der Waals surface area contributed by atoms with Crippen molar-refractivity contribution >= 4 is 23.0 Å². The maximum atomic E-state index is 12.1. The molecule has 0 saturated heterocycles. The van der Waals surface area contributed by atoms with Crippen LogP contribution in [0.1, 0.15) is 31.2 Å². The van der Waals surface area contributed by atoms with Gasteiger partial charge in [0.05, 0.1) is 24.8 Å². The molecule has 0 bridgehead atoms. The number of fused-ring (bicyclic) bond motifs is 1. The van der Waals surface area contributed by atoms with Gasteiger partial charge in [0, 0.05) is 19.5 Å². The Balaban J connectivity index is 1.28. The van der Waals surface area contributed by atoms with E-state index in [2.05, 4.69) is 16.0 Å². The fraction of sp³-hybridized carbons (Fsp3) is 0.290. The summed E-state index contributed by atoms with van der Waals surface area (Å²) in [5.74, 6) is 3.03. The van der Waals surface area contributed by atoms with Crippen molar-refractivity contribution in [3.8, 4) is 17.2 Å². The van der Waals surface area contributed by atoms with Crippen LogP contribution in [0.2, 0.25) is 0 Å². The number of rotatable bonds is 14. The highest BCUT2D eigenvalue weighted by atomic mass is 16.5. The van der Waals surface area contributed by atoms with Crippen molar-refractivity contribution in [2.75, 3.05) is 26.9 Å². The number of hydrogen-bond donors (Lipinski definition) is 1. The number of carbonyl (C=O) groups excluding carboxylic acids is 1. The number of amides is 1. The summed E-state index contributed by atoms with van der Waals surface area (Å²) in [6.45, 7) is 3.90. The zero-order chi connectivity index (χ0) is 26.6. The summed E-state index contributed by atoms with van der Waals surface area (Å²) in [5, 5.41) is 2.93. The van der Waals surface area contributed by atoms with Gasteiger partial charge in [-0.1, -0.05) is 48.6 Å². The molecule has 4 aromatic rings. The Kier molecular flexibility index (Phi) is 9.79. The Labute approximate surface area is 224 Å². The molecular weight excluding hydrogens is 478 g/mol. The van der Waals surface area contributed by atoms with Crippen LogP contribution < -0.4 is 19.5 Å². The molecule has 0 aliphatic rings. The second kappa shape index (κ2) is 13.9. The smallest absolute Gasteiger partial charge is 0.257 e. The van der Waals surface area contributed by atoms with E-state index in [0.717, 1.165) is 59.7 Å². The Morgan fingerprint density at radius 3 is 2.61 bits per heavy atom. The van der Waals surface area contributed by atoms with Crippen LogP contribution in [-0.4, -0.2) is 42.3 Å². The lowest BCUT2D eigenvalue weighted by molar-refractivity contribution is -0.123. The van der Waals surface area contributed by atoms with Crippen LogP contribution in [0.4, 0.5) is 0 Å². The number of carbonyl (C=O) groups is 1. The molecule has 0 saturated carbocycles. The third-order valence-electron chi connectivity index (χ3n) is 6.08. The highest BCUT2D eigenvalue weighted by molar-refractivity contribution is 5.77. The fourth-order valence-corrected chi connectivity index (χ4v) is 4.26. The van der Waals surface area contributed by atoms with Crippen LogP contribution >= 0.6 is 0 Å². The predicted molar refractivity (Wildman–Crippen MR) is 151 cm³/mol. The first-order valence-corrected chi connectivity index (χ1v) is 13.0. The molecule has 1 amide bonds. The molecule has 4 rings (SSSR count). The van der Waals surface area contributed by atoms with E-state index in [4.69, 9.17) is 19.2 Å². The zero-order valence-electron chi connectivity index (χ0n) is 22.1. The number of hydrogen-bond acceptors (Lipinski definition) is 5. The van der Waals surface area contributed by atoms with Crippen LogP contribution in [0.15, 0.2) is 78.9 Å². The van der Waals surface area contributed by atoms with Gasteiger partial charge in [-0.05, 0) is 61.7 Å². The third-order valence-corrected chi connectivity index (χ3v) is 6.08. The monoisotopic (exact) mass is 513 g/mol. The van der Waals surface area contributed by atoms with Crippen molar-refractivity contribution in [3.05, 3.63) is 90.3 Å². The Hall–Kier alpha value is -4.26. The van der Waals surface area contributed by atoms with E-state index in [1.807, 2.05) is 85.8 Å². The molecular formula is C31H35N3O4. The zero-order valence-corrected chi connectivity index (χ0v) is 22.1. The molecule has 1 heterocycles. The van der Waals surface area contributed by atoms with Crippen molar-refractivity contribution in [2.45, 2.75) is 32.7 Å². The van der Waals surface area contributed by atoms with E-state index >= 15 is 0 Å². The van der Waals surface area contributed by atoms with E-state index in [0.29, 0.717) is 18.9 Å². The number of aryl methyl sites for hydroxylation is 2. The van der Waals surface area contributed by atoms with Gasteiger partial charge in [0.1, 0.15) is 11.6 Å². The quantitative estimate of drug-likeness (QED) is 0.220. The maximum Gasteiger partial charge on any atom is 0.257 e. The van der Waals surface area contributed by atoms with Gasteiger partial charge in [-0.15, -0.1) is 0 Å². The van der Waals surface area contributed by atoms with Gasteiger partial charge in [-0.25, -0.2) is 4.98 Å². The second-order valence-electron chi connectivity index (χ2n) is 8.84. The molecule has 0 aliphatic carbocycles. The molecule has 198 valence electrons. The molecule has 0 aliphatic heterocycles. The summed E-state index contributed by atoms with van der Waals surface area (Å²) >= 11 is 0. The lowest BCUT2D eigenvalue weighted by atomic mass is 10.2. The maximum absolute atomic E-state index is 12.1. The van der Waals surface area contributed by atoms with Crippen LogP contribution in [0, 0.1) is 0 Å². The normalized spacial score (nSPS) is 11.1. The van der Waals surface area contributed by atoms with Gasteiger partial charge in [-0.3, -0.25) is 4.79 Å². The fourth-order valence-electron chi connectivity index (χ4n) is 4.26. The van der Waals surface area contributed by atoms with Gasteiger partial charge < -0.3 is 24.1 Å². The Morgan fingerprint density at radius 1 is 0.974 bits per heavy atom. The lowest BCUT2D eigenvalue weighted by Gasteiger charge is -2.13. The first-order valence-electron chi connectivity index (χ1n) is 13.0. The van der Waals surface area contributed by atoms with Crippen molar-refractivity contribution in [2.24, 2.45) is 0 Å². The minimum absolute atomic E-state index is 0.00530. The molecule has 0 radical (unpaired) electrons. The lowest BCUT2D eigenvalue weighted by Crippen LogP contribution is -2.30. The van der Waals surface area contributed by atoms with Crippen molar-refractivity contribution in [1.29, 1.82) is 0 Å². The predicted octanol–water partition coefficient (Wildman–Crippen LogP) is 5.67. The van der Waals surface area contributed by atoms with Gasteiger partial charge in [0.2, 0.25) is 0 Å². The SMILES string of the molecule is C/C=C/c1ccc(OCCCn2c(CCCNC(=O)COc3ccccc3)nc3ccccc32)c(OC)c1. The number of benzene rings is 3. The molecule has 38 heavy (non-hydrogen) atoms. The summed E-state index contributed by atoms with van der Waals surface area (Å²) in [6.07, 6.45) is 6.39. The van der Waals surface area contributed by atoms with E-state index in [9.17, 15) is 4.79 Å². The topological polar surface area (TPSA) is 74.6 Å². The summed E-state index contributed by atoms with van der Waals surface area (Å²) in [7, 11) is 1.66. The Bertz CT molecular complexity index is 1350. The van der Waals surface area contributed by atoms with Crippen molar-refractivity contribution in [1.82, 2.24) is 14.9 Å². The van der Waals surface area contributed by atoms with E-state index < -0.39 is 0 Å². The number of methoxy groups -OCH3 is 1. The first-order chi connectivity index (χ1) is 18.7. The third kappa shape index (κ3) is 7.38. The minimum Gasteiger partial charge on any atom is -0.493 e. The molecule has 7 heteroatoms. The van der Waals surface area contributed by atoms with Crippen LogP contribution in [0.3, 0.4) is 0 Å². The number of nitrogens with zero attached hydrogens (tertiary/aromatic N) is 2. The number of ether oxygens (including phenoxy) is 3. The van der Waals surface area contributed by atoms with E-state index in [1.165, 1.54) is 0 Å². The number of aromatic nitrogens is 2. The molecule has 7 nitrogen and oxygen atoms in total. The number of nitrogens with one attached hydrogen (secondary N) is 1. The highest BCUT2D eigenvalue weighted by Crippen LogP contribution is 2.29. The largest absolute Gasteiger partial charge is 0.493 e. The second-order valence-corrected chi connectivity index (χ2v) is 8.84. The standard InChI is InChI=1S/C31H35N3O4/c1-3-11-24-17-18-28(29(22-24)36-2)37-21-10-20-34-27-15-8-7-14-26(27)33-30(34)16-9-19-32-31(35)23-38-25-12-5-4-6-13-25/h3-8,11-15,17-18,22H,9-10,16,19-21,23H2,1-2H3,(H,32,35)/b11-3+. The number of imidazole rings is 1. The van der Waals surface area contributed by atoms with Gasteiger partial charge in [0.25, 0.3) is 5.91 Å². The summed E-state index contributed by atoms with van der Waals surface area (Å²) in [5.41, 5.74) is 3.16. The van der Waals surface area contributed by atoms with Crippen LogP contribution in [-0.2, 0) is 17.8 Å². The first kappa shape index (κ1) is 26.8. The van der Waals surface area contributed by atoms with Crippen molar-refractivity contribution in [3.63, 3.8) is 0 Å². The van der Waals surface area contributed by atoms with Crippen LogP contribution in [0.5, 0.6) is 17.2 Å². The summed E-state index contributed by atoms with van der Waals surface area (Å²) < 4.78 is 19.3. The van der Waals surface area contributed by atoms with E-state index in [-0.39, 0.29) is 12.5 Å². The molecule has 3 aromatic carbocycles. The minimum atomic E-state index is -0.131. The number of para-hydroxylation sites is 3. The average molecular weight is 514 g/mol. The molecule has 0 spiro atoms. The van der Waals surface area contributed by atoms with E-state index in [1.54, 1.807) is 7.11 Å². The van der Waals surface area contributed by atoms with Gasteiger partial charge >= 0.3 is 0 Å². The van der Waals surface area contributed by atoms with Crippen molar-refractivity contribution < 1.29 is 19.0 Å². The number of allylic oxidation sites excluding steroid dienone is 1. The summed E-state index contributed by atoms with van der Waals surface area (Å²) in [6, 6.07) is 23.4. The van der Waals surface area contributed by atoms with Gasteiger partial charge in [-0.2, -0.15) is 0 Å². The van der Waals surface area contributed by atoms with Gasteiger partial charge in [0.15, 0.2) is 18.1 Å². The van der Waals surface area contributed by atoms with Crippen LogP contribution in [0.25, 0.3) is 17.1 Å². The Morgan fingerprint density at radius 2 is 1.79 bits per heavy atom. The average Bonchev–Trinajstić information content (AvgIpc) is 3.30. The molecule has 0 unspecified atom stereocenters.